The van der Waals surface area contributed by atoms with E-state index in [1.54, 1.807) is 0 Å². The minimum absolute atomic E-state index is 0.156. The predicted octanol–water partition coefficient (Wildman–Crippen LogP) is 4.09. The first-order valence-electron chi connectivity index (χ1n) is 5.52. The van der Waals surface area contributed by atoms with E-state index in [0.29, 0.717) is 11.7 Å². The molecule has 0 bridgehead atoms. The number of nitrogens with zero attached hydrogens (tertiary/aromatic N) is 2. The van der Waals surface area contributed by atoms with Crippen LogP contribution in [0.3, 0.4) is 0 Å². The Kier molecular flexibility index (Phi) is 3.33. The van der Waals surface area contributed by atoms with Gasteiger partial charge in [0.05, 0.1) is 0 Å². The van der Waals surface area contributed by atoms with Crippen molar-refractivity contribution < 1.29 is 4.52 Å². The van der Waals surface area contributed by atoms with E-state index < -0.39 is 0 Å². The Labute approximate surface area is 109 Å². The van der Waals surface area contributed by atoms with Gasteiger partial charge in [0.1, 0.15) is 0 Å². The van der Waals surface area contributed by atoms with Crippen LogP contribution in [-0.2, 0) is 6.42 Å². The highest BCUT2D eigenvalue weighted by Gasteiger charge is 2.17. The van der Waals surface area contributed by atoms with Crippen LogP contribution in [0.15, 0.2) is 33.3 Å². The van der Waals surface area contributed by atoms with Gasteiger partial charge < -0.3 is 4.52 Å². The van der Waals surface area contributed by atoms with E-state index in [1.807, 2.05) is 24.3 Å². The number of benzene rings is 1. The average Bonchev–Trinajstić information content (AvgIpc) is 2.64. The van der Waals surface area contributed by atoms with Gasteiger partial charge in [0.2, 0.25) is 11.7 Å². The standard InChI is InChI=1S/C13H15BrN2O/c1-13(2,3)8-11-15-12(16-17-11)9-4-6-10(14)7-5-9/h4-7H,8H2,1-3H3. The topological polar surface area (TPSA) is 38.9 Å². The van der Waals surface area contributed by atoms with Gasteiger partial charge in [0, 0.05) is 16.5 Å². The molecule has 1 aromatic carbocycles. The van der Waals surface area contributed by atoms with Crippen LogP contribution in [0, 0.1) is 5.41 Å². The number of hydrogen-bond donors (Lipinski definition) is 0. The molecule has 2 aromatic rings. The van der Waals surface area contributed by atoms with E-state index in [1.165, 1.54) is 0 Å². The number of rotatable bonds is 2. The predicted molar refractivity (Wildman–Crippen MR) is 70.6 cm³/mol. The molecular formula is C13H15BrN2O. The first-order valence-corrected chi connectivity index (χ1v) is 6.32. The van der Waals surface area contributed by atoms with Gasteiger partial charge in [-0.3, -0.25) is 0 Å². The molecule has 0 fully saturated rings. The Morgan fingerprint density at radius 3 is 2.41 bits per heavy atom. The van der Waals surface area contributed by atoms with Crippen LogP contribution in [0.1, 0.15) is 26.7 Å². The minimum Gasteiger partial charge on any atom is -0.339 e. The van der Waals surface area contributed by atoms with Crippen molar-refractivity contribution in [1.29, 1.82) is 0 Å². The zero-order chi connectivity index (χ0) is 12.5. The van der Waals surface area contributed by atoms with Gasteiger partial charge in [-0.1, -0.05) is 41.9 Å². The third-order valence-corrected chi connectivity index (χ3v) is 2.78. The molecular weight excluding hydrogens is 280 g/mol. The highest BCUT2D eigenvalue weighted by molar-refractivity contribution is 9.10. The van der Waals surface area contributed by atoms with Gasteiger partial charge >= 0.3 is 0 Å². The SMILES string of the molecule is CC(C)(C)Cc1nc(-c2ccc(Br)cc2)no1. The highest BCUT2D eigenvalue weighted by Crippen LogP contribution is 2.23. The molecule has 0 aliphatic carbocycles. The van der Waals surface area contributed by atoms with Crippen LogP contribution in [0.25, 0.3) is 11.4 Å². The fourth-order valence-electron chi connectivity index (χ4n) is 1.50. The molecule has 0 saturated heterocycles. The van der Waals surface area contributed by atoms with Gasteiger partial charge in [-0.25, -0.2) is 0 Å². The molecule has 0 aliphatic heterocycles. The zero-order valence-electron chi connectivity index (χ0n) is 10.2. The third kappa shape index (κ3) is 3.40. The Bertz CT molecular complexity index is 497. The van der Waals surface area contributed by atoms with Gasteiger partial charge in [0.25, 0.3) is 0 Å². The van der Waals surface area contributed by atoms with Crippen LogP contribution >= 0.6 is 15.9 Å². The van der Waals surface area contributed by atoms with Crippen molar-refractivity contribution >= 4 is 15.9 Å². The van der Waals surface area contributed by atoms with Crippen LogP contribution in [0.4, 0.5) is 0 Å². The van der Waals surface area contributed by atoms with Crippen molar-refractivity contribution in [3.05, 3.63) is 34.6 Å². The smallest absolute Gasteiger partial charge is 0.227 e. The lowest BCUT2D eigenvalue weighted by Gasteiger charge is -2.13. The number of aromatic nitrogens is 2. The molecule has 90 valence electrons. The molecule has 0 amide bonds. The maximum atomic E-state index is 5.25. The Morgan fingerprint density at radius 1 is 1.18 bits per heavy atom. The third-order valence-electron chi connectivity index (χ3n) is 2.25. The van der Waals surface area contributed by atoms with Crippen LogP contribution in [0.5, 0.6) is 0 Å². The molecule has 17 heavy (non-hydrogen) atoms. The molecule has 0 atom stereocenters. The molecule has 1 heterocycles. The highest BCUT2D eigenvalue weighted by atomic mass is 79.9. The average molecular weight is 295 g/mol. The summed E-state index contributed by atoms with van der Waals surface area (Å²) in [6.45, 7) is 6.45. The molecule has 0 spiro atoms. The van der Waals surface area contributed by atoms with Crippen molar-refractivity contribution in [2.24, 2.45) is 5.41 Å². The summed E-state index contributed by atoms with van der Waals surface area (Å²) in [4.78, 5) is 4.40. The van der Waals surface area contributed by atoms with Crippen LogP contribution in [0.2, 0.25) is 0 Å². The van der Waals surface area contributed by atoms with Gasteiger partial charge in [-0.2, -0.15) is 4.98 Å². The molecule has 0 aliphatic rings. The Balaban J connectivity index is 2.21. The Morgan fingerprint density at radius 2 is 1.82 bits per heavy atom. The fourth-order valence-corrected chi connectivity index (χ4v) is 1.76. The monoisotopic (exact) mass is 294 g/mol. The quantitative estimate of drug-likeness (QED) is 0.837. The molecule has 2 rings (SSSR count). The lowest BCUT2D eigenvalue weighted by molar-refractivity contribution is 0.314. The molecule has 0 unspecified atom stereocenters. The second-order valence-electron chi connectivity index (χ2n) is 5.26. The molecule has 3 nitrogen and oxygen atoms in total. The van der Waals surface area contributed by atoms with Gasteiger partial charge in [0.15, 0.2) is 0 Å². The maximum absolute atomic E-state index is 5.25. The maximum Gasteiger partial charge on any atom is 0.227 e. The van der Waals surface area contributed by atoms with Crippen molar-refractivity contribution in [3.8, 4) is 11.4 Å². The second kappa shape index (κ2) is 4.61. The number of halogens is 1. The van der Waals surface area contributed by atoms with E-state index >= 15 is 0 Å². The summed E-state index contributed by atoms with van der Waals surface area (Å²) < 4.78 is 6.29. The second-order valence-corrected chi connectivity index (χ2v) is 6.17. The fraction of sp³-hybridized carbons (Fsp3) is 0.385. The summed E-state index contributed by atoms with van der Waals surface area (Å²) in [6, 6.07) is 7.87. The summed E-state index contributed by atoms with van der Waals surface area (Å²) >= 11 is 3.40. The van der Waals surface area contributed by atoms with Crippen molar-refractivity contribution in [3.63, 3.8) is 0 Å². The van der Waals surface area contributed by atoms with Gasteiger partial charge in [-0.15, -0.1) is 0 Å². The molecule has 0 radical (unpaired) electrons. The lowest BCUT2D eigenvalue weighted by Crippen LogP contribution is -2.09. The summed E-state index contributed by atoms with van der Waals surface area (Å²) in [5, 5.41) is 4.00. The van der Waals surface area contributed by atoms with E-state index in [9.17, 15) is 0 Å². The van der Waals surface area contributed by atoms with Crippen molar-refractivity contribution in [1.82, 2.24) is 10.1 Å². The van der Waals surface area contributed by atoms with E-state index in [0.717, 1.165) is 16.5 Å². The van der Waals surface area contributed by atoms with Crippen molar-refractivity contribution in [2.45, 2.75) is 27.2 Å². The zero-order valence-corrected chi connectivity index (χ0v) is 11.8. The van der Waals surface area contributed by atoms with E-state index in [-0.39, 0.29) is 5.41 Å². The Hall–Kier alpha value is -1.16. The van der Waals surface area contributed by atoms with Crippen molar-refractivity contribution in [2.75, 3.05) is 0 Å². The summed E-state index contributed by atoms with van der Waals surface area (Å²) in [5.74, 6) is 1.34. The molecule has 0 saturated carbocycles. The summed E-state index contributed by atoms with van der Waals surface area (Å²) in [5.41, 5.74) is 1.13. The van der Waals surface area contributed by atoms with E-state index in [2.05, 4.69) is 46.8 Å². The largest absolute Gasteiger partial charge is 0.339 e. The van der Waals surface area contributed by atoms with Gasteiger partial charge in [-0.05, 0) is 29.7 Å². The summed E-state index contributed by atoms with van der Waals surface area (Å²) in [7, 11) is 0. The molecule has 1 aromatic heterocycles. The molecule has 0 N–H and O–H groups in total. The normalized spacial score (nSPS) is 11.8. The first kappa shape index (κ1) is 12.3. The first-order chi connectivity index (χ1) is 7.94. The van der Waals surface area contributed by atoms with Crippen LogP contribution < -0.4 is 0 Å². The van der Waals surface area contributed by atoms with E-state index in [4.69, 9.17) is 4.52 Å². The summed E-state index contributed by atoms with van der Waals surface area (Å²) in [6.07, 6.45) is 0.788. The lowest BCUT2D eigenvalue weighted by atomic mass is 9.92. The van der Waals surface area contributed by atoms with Crippen LogP contribution in [-0.4, -0.2) is 10.1 Å². The minimum atomic E-state index is 0.156. The number of hydrogen-bond acceptors (Lipinski definition) is 3. The molecule has 4 heteroatoms.